The van der Waals surface area contributed by atoms with Gasteiger partial charge in [0.05, 0.1) is 0 Å². The zero-order valence-corrected chi connectivity index (χ0v) is 7.56. The summed E-state index contributed by atoms with van der Waals surface area (Å²) in [5, 5.41) is 3.40. The van der Waals surface area contributed by atoms with E-state index in [0.29, 0.717) is 0 Å². The van der Waals surface area contributed by atoms with Crippen LogP contribution in [0.1, 0.15) is 19.3 Å². The fraction of sp³-hybridized carbons (Fsp3) is 1.00. The molecule has 2 aliphatic rings. The summed E-state index contributed by atoms with van der Waals surface area (Å²) in [4.78, 5) is 2.44. The summed E-state index contributed by atoms with van der Waals surface area (Å²) in [5.41, 5.74) is 0.723. The third-order valence-electron chi connectivity index (χ3n) is 3.52. The van der Waals surface area contributed by atoms with Crippen molar-refractivity contribution in [2.24, 2.45) is 5.41 Å². The standard InChI is InChI=1S/C9H18N2/c1-10-8-7-9(8)3-5-11(2)6-4-9/h8,10H,3-7H2,1-2H3. The zero-order chi connectivity index (χ0) is 7.90. The summed E-state index contributed by atoms with van der Waals surface area (Å²) in [6.45, 7) is 2.61. The predicted octanol–water partition coefficient (Wildman–Crippen LogP) is 0.690. The molecular weight excluding hydrogens is 136 g/mol. The van der Waals surface area contributed by atoms with Gasteiger partial charge in [-0.1, -0.05) is 0 Å². The molecule has 2 rings (SSSR count). The van der Waals surface area contributed by atoms with Crippen molar-refractivity contribution in [3.63, 3.8) is 0 Å². The van der Waals surface area contributed by atoms with E-state index in [4.69, 9.17) is 0 Å². The van der Waals surface area contributed by atoms with Crippen molar-refractivity contribution in [2.45, 2.75) is 25.3 Å². The molecule has 0 aromatic carbocycles. The van der Waals surface area contributed by atoms with Crippen molar-refractivity contribution < 1.29 is 0 Å². The van der Waals surface area contributed by atoms with Crippen LogP contribution in [0, 0.1) is 5.41 Å². The van der Waals surface area contributed by atoms with Crippen molar-refractivity contribution in [1.82, 2.24) is 10.2 Å². The highest BCUT2D eigenvalue weighted by Crippen LogP contribution is 2.53. The van der Waals surface area contributed by atoms with Crippen LogP contribution in [0.3, 0.4) is 0 Å². The molecule has 2 fully saturated rings. The van der Waals surface area contributed by atoms with Crippen molar-refractivity contribution in [2.75, 3.05) is 27.2 Å². The van der Waals surface area contributed by atoms with Crippen molar-refractivity contribution in [3.8, 4) is 0 Å². The van der Waals surface area contributed by atoms with Gasteiger partial charge < -0.3 is 10.2 Å². The van der Waals surface area contributed by atoms with Crippen LogP contribution in [0.4, 0.5) is 0 Å². The second-order valence-electron chi connectivity index (χ2n) is 4.21. The van der Waals surface area contributed by atoms with Crippen LogP contribution in [0.15, 0.2) is 0 Å². The van der Waals surface area contributed by atoms with E-state index in [0.717, 1.165) is 11.5 Å². The molecule has 0 aromatic rings. The quantitative estimate of drug-likeness (QED) is 0.598. The van der Waals surface area contributed by atoms with Gasteiger partial charge in [-0.3, -0.25) is 0 Å². The van der Waals surface area contributed by atoms with Gasteiger partial charge in [-0.25, -0.2) is 0 Å². The Labute approximate surface area is 69.0 Å². The van der Waals surface area contributed by atoms with Gasteiger partial charge in [-0.2, -0.15) is 0 Å². The number of piperidine rings is 1. The SMILES string of the molecule is CNC1CC12CCN(C)CC2. The van der Waals surface area contributed by atoms with Gasteiger partial charge in [-0.05, 0) is 51.9 Å². The van der Waals surface area contributed by atoms with Crippen LogP contribution in [-0.4, -0.2) is 38.1 Å². The highest BCUT2D eigenvalue weighted by Gasteiger charge is 2.53. The lowest BCUT2D eigenvalue weighted by molar-refractivity contribution is 0.198. The third kappa shape index (κ3) is 1.18. The topological polar surface area (TPSA) is 15.3 Å². The fourth-order valence-electron chi connectivity index (χ4n) is 2.37. The van der Waals surface area contributed by atoms with Crippen molar-refractivity contribution in [1.29, 1.82) is 0 Å². The van der Waals surface area contributed by atoms with Crippen LogP contribution in [-0.2, 0) is 0 Å². The Morgan fingerprint density at radius 1 is 1.36 bits per heavy atom. The molecule has 1 saturated carbocycles. The number of rotatable bonds is 1. The molecule has 2 heteroatoms. The van der Waals surface area contributed by atoms with Gasteiger partial charge >= 0.3 is 0 Å². The molecule has 1 atom stereocenters. The van der Waals surface area contributed by atoms with Crippen LogP contribution < -0.4 is 5.32 Å². The van der Waals surface area contributed by atoms with E-state index >= 15 is 0 Å². The number of hydrogen-bond donors (Lipinski definition) is 1. The molecule has 0 radical (unpaired) electrons. The van der Waals surface area contributed by atoms with Crippen LogP contribution >= 0.6 is 0 Å². The Balaban J connectivity index is 1.89. The van der Waals surface area contributed by atoms with Gasteiger partial charge in [0.1, 0.15) is 0 Å². The van der Waals surface area contributed by atoms with Gasteiger partial charge in [0.15, 0.2) is 0 Å². The highest BCUT2D eigenvalue weighted by atomic mass is 15.1. The first-order chi connectivity index (χ1) is 5.27. The molecule has 1 spiro atoms. The van der Waals surface area contributed by atoms with E-state index in [1.54, 1.807) is 0 Å². The highest BCUT2D eigenvalue weighted by molar-refractivity contribution is 5.08. The summed E-state index contributed by atoms with van der Waals surface area (Å²) < 4.78 is 0. The lowest BCUT2D eigenvalue weighted by atomic mass is 9.93. The predicted molar refractivity (Wildman–Crippen MR) is 46.6 cm³/mol. The van der Waals surface area contributed by atoms with Crippen molar-refractivity contribution >= 4 is 0 Å². The Hall–Kier alpha value is -0.0800. The van der Waals surface area contributed by atoms with E-state index in [9.17, 15) is 0 Å². The summed E-state index contributed by atoms with van der Waals surface area (Å²) in [5.74, 6) is 0. The van der Waals surface area contributed by atoms with E-state index in [-0.39, 0.29) is 0 Å². The normalized spacial score (nSPS) is 36.0. The third-order valence-corrected chi connectivity index (χ3v) is 3.52. The molecule has 1 aliphatic carbocycles. The Bertz CT molecular complexity index is 148. The number of likely N-dealkylation sites (tertiary alicyclic amines) is 1. The maximum absolute atomic E-state index is 3.40. The second kappa shape index (κ2) is 2.46. The number of nitrogens with zero attached hydrogens (tertiary/aromatic N) is 1. The molecule has 0 bridgehead atoms. The maximum Gasteiger partial charge on any atom is 0.0128 e. The minimum Gasteiger partial charge on any atom is -0.316 e. The summed E-state index contributed by atoms with van der Waals surface area (Å²) in [6, 6.07) is 0.844. The number of nitrogens with one attached hydrogen (secondary N) is 1. The molecule has 0 amide bonds. The van der Waals surface area contributed by atoms with Crippen molar-refractivity contribution in [3.05, 3.63) is 0 Å². The average Bonchev–Trinajstić information content (AvgIpc) is 2.71. The molecule has 1 aliphatic heterocycles. The lowest BCUT2D eigenvalue weighted by Crippen LogP contribution is -2.34. The first kappa shape index (κ1) is 7.56. The largest absolute Gasteiger partial charge is 0.316 e. The van der Waals surface area contributed by atoms with E-state index in [1.807, 2.05) is 0 Å². The Kier molecular flexibility index (Phi) is 1.69. The molecule has 2 nitrogen and oxygen atoms in total. The molecule has 1 saturated heterocycles. The first-order valence-corrected chi connectivity index (χ1v) is 4.63. The minimum atomic E-state index is 0.723. The molecule has 1 N–H and O–H groups in total. The van der Waals surface area contributed by atoms with Gasteiger partial charge in [0.25, 0.3) is 0 Å². The smallest absolute Gasteiger partial charge is 0.0128 e. The zero-order valence-electron chi connectivity index (χ0n) is 7.56. The van der Waals surface area contributed by atoms with Crippen LogP contribution in [0.5, 0.6) is 0 Å². The summed E-state index contributed by atoms with van der Waals surface area (Å²) >= 11 is 0. The van der Waals surface area contributed by atoms with E-state index in [2.05, 4.69) is 24.3 Å². The summed E-state index contributed by atoms with van der Waals surface area (Å²) in [6.07, 6.45) is 4.25. The summed E-state index contributed by atoms with van der Waals surface area (Å²) in [7, 11) is 4.32. The monoisotopic (exact) mass is 154 g/mol. The Morgan fingerprint density at radius 2 is 2.00 bits per heavy atom. The number of hydrogen-bond acceptors (Lipinski definition) is 2. The molecule has 64 valence electrons. The maximum atomic E-state index is 3.40. The molecular formula is C9H18N2. The fourth-order valence-corrected chi connectivity index (χ4v) is 2.37. The van der Waals surface area contributed by atoms with Crippen LogP contribution in [0.2, 0.25) is 0 Å². The molecule has 1 unspecified atom stereocenters. The average molecular weight is 154 g/mol. The van der Waals surface area contributed by atoms with Gasteiger partial charge in [0.2, 0.25) is 0 Å². The lowest BCUT2D eigenvalue weighted by Gasteiger charge is -2.29. The van der Waals surface area contributed by atoms with E-state index < -0.39 is 0 Å². The molecule has 1 heterocycles. The Morgan fingerprint density at radius 3 is 2.45 bits per heavy atom. The van der Waals surface area contributed by atoms with E-state index in [1.165, 1.54) is 32.4 Å². The second-order valence-corrected chi connectivity index (χ2v) is 4.21. The first-order valence-electron chi connectivity index (χ1n) is 4.63. The molecule has 11 heavy (non-hydrogen) atoms. The minimum absolute atomic E-state index is 0.723. The van der Waals surface area contributed by atoms with Gasteiger partial charge in [-0.15, -0.1) is 0 Å². The van der Waals surface area contributed by atoms with Gasteiger partial charge in [0, 0.05) is 6.04 Å². The van der Waals surface area contributed by atoms with Crippen LogP contribution in [0.25, 0.3) is 0 Å². The molecule has 0 aromatic heterocycles.